The Morgan fingerprint density at radius 2 is 0.338 bits per heavy atom. The van der Waals surface area contributed by atoms with Crippen LogP contribution < -0.4 is 9.80 Å². The maximum Gasteiger partial charge on any atom is 0.0721 e. The van der Waals surface area contributed by atoms with Crippen molar-refractivity contribution in [1.29, 1.82) is 0 Å². The van der Waals surface area contributed by atoms with E-state index in [1.54, 1.807) is 0 Å². The minimum atomic E-state index is 0.534. The predicted octanol–water partition coefficient (Wildman–Crippen LogP) is 17.2. The van der Waals surface area contributed by atoms with Gasteiger partial charge in [-0.15, -0.1) is 0 Å². The average molecular weight is 969 g/mol. The van der Waals surface area contributed by atoms with Gasteiger partial charge < -0.3 is 28.7 Å². The molecule has 0 atom stereocenters. The molecule has 0 unspecified atom stereocenters. The van der Waals surface area contributed by atoms with Crippen LogP contribution in [0.15, 0.2) is 267 Å². The molecule has 0 bridgehead atoms. The maximum atomic E-state index is 6.09. The van der Waals surface area contributed by atoms with Gasteiger partial charge in [0, 0.05) is 34.1 Å². The van der Waals surface area contributed by atoms with Crippen LogP contribution in [0.1, 0.15) is 44.5 Å². The summed E-state index contributed by atoms with van der Waals surface area (Å²) in [4.78, 5) is 4.60. The van der Waals surface area contributed by atoms with Crippen LogP contribution in [-0.4, -0.2) is 0 Å². The second-order valence-electron chi connectivity index (χ2n) is 18.3. The second-order valence-corrected chi connectivity index (χ2v) is 18.3. The first-order valence-electron chi connectivity index (χ1n) is 25.3. The van der Waals surface area contributed by atoms with E-state index in [9.17, 15) is 0 Å². The van der Waals surface area contributed by atoms with Crippen molar-refractivity contribution in [2.24, 2.45) is 0 Å². The standard InChI is InChI=1S/C68H60N2O4/c1-5-13-53(14-6-1)45-71-49-57-21-33-63(34-22-57)69(64-35-23-58(24-36-64)50-72-46-54-15-7-2-8-16-54)67-41-29-61(30-42-67)62-31-43-68(44-32-62)70(65-37-25-59(26-38-65)51-73-47-55-17-9-3-10-18-55)66-39-27-60(28-40-66)52-74-48-56-19-11-4-12-20-56/h1-44H,45-52H2. The molecule has 0 aliphatic carbocycles. The number of nitrogens with zero attached hydrogens (tertiary/aromatic N) is 2. The summed E-state index contributed by atoms with van der Waals surface area (Å²) < 4.78 is 24.4. The van der Waals surface area contributed by atoms with Gasteiger partial charge in [0.2, 0.25) is 0 Å². The summed E-state index contributed by atoms with van der Waals surface area (Å²) in [5, 5.41) is 0. The molecular formula is C68H60N2O4. The number of anilines is 6. The molecule has 0 aliphatic heterocycles. The van der Waals surface area contributed by atoms with E-state index < -0.39 is 0 Å². The lowest BCUT2D eigenvalue weighted by Gasteiger charge is -2.27. The van der Waals surface area contributed by atoms with E-state index in [-0.39, 0.29) is 0 Å². The molecule has 0 fully saturated rings. The van der Waals surface area contributed by atoms with Crippen LogP contribution in [0.25, 0.3) is 11.1 Å². The molecule has 0 amide bonds. The van der Waals surface area contributed by atoms with E-state index in [0.717, 1.165) is 89.8 Å². The Labute approximate surface area is 436 Å². The fraction of sp³-hybridized carbons (Fsp3) is 0.118. The number of hydrogen-bond acceptors (Lipinski definition) is 6. The highest BCUT2D eigenvalue weighted by Crippen LogP contribution is 2.39. The molecule has 6 nitrogen and oxygen atoms in total. The molecule has 366 valence electrons. The van der Waals surface area contributed by atoms with Crippen molar-refractivity contribution in [3.05, 3.63) is 311 Å². The first-order valence-corrected chi connectivity index (χ1v) is 25.3. The van der Waals surface area contributed by atoms with Crippen LogP contribution in [0.5, 0.6) is 0 Å². The number of rotatable bonds is 23. The number of benzene rings is 10. The Morgan fingerprint density at radius 3 is 0.527 bits per heavy atom. The molecule has 0 heterocycles. The summed E-state index contributed by atoms with van der Waals surface area (Å²) >= 11 is 0. The van der Waals surface area contributed by atoms with Crippen LogP contribution in [-0.2, 0) is 71.8 Å². The highest BCUT2D eigenvalue weighted by molar-refractivity contribution is 5.81. The Hall–Kier alpha value is -8.36. The van der Waals surface area contributed by atoms with Crippen molar-refractivity contribution in [2.45, 2.75) is 52.9 Å². The zero-order chi connectivity index (χ0) is 50.0. The highest BCUT2D eigenvalue weighted by Gasteiger charge is 2.16. The largest absolute Gasteiger partial charge is 0.372 e. The zero-order valence-corrected chi connectivity index (χ0v) is 41.6. The van der Waals surface area contributed by atoms with E-state index in [2.05, 4.69) is 204 Å². The van der Waals surface area contributed by atoms with Gasteiger partial charge in [-0.25, -0.2) is 0 Å². The fourth-order valence-electron chi connectivity index (χ4n) is 8.91. The molecule has 6 heteroatoms. The summed E-state index contributed by atoms with van der Waals surface area (Å²) in [6.45, 7) is 4.43. The fourth-order valence-corrected chi connectivity index (χ4v) is 8.91. The third kappa shape index (κ3) is 13.6. The average Bonchev–Trinajstić information content (AvgIpc) is 3.46. The van der Waals surface area contributed by atoms with E-state index in [1.165, 1.54) is 0 Å². The van der Waals surface area contributed by atoms with Gasteiger partial charge in [0.15, 0.2) is 0 Å². The minimum Gasteiger partial charge on any atom is -0.372 e. The number of hydrogen-bond donors (Lipinski definition) is 0. The zero-order valence-electron chi connectivity index (χ0n) is 41.6. The summed E-state index contributed by atoms with van der Waals surface area (Å²) in [6, 6.07) is 93.5. The molecule has 0 aliphatic rings. The monoisotopic (exact) mass is 968 g/mol. The summed E-state index contributed by atoms with van der Waals surface area (Å²) in [5.41, 5.74) is 17.7. The maximum absolute atomic E-state index is 6.09. The first kappa shape index (κ1) is 49.2. The Kier molecular flexibility index (Phi) is 16.9. The van der Waals surface area contributed by atoms with E-state index in [0.29, 0.717) is 52.9 Å². The van der Waals surface area contributed by atoms with Crippen LogP contribution in [0.4, 0.5) is 34.1 Å². The topological polar surface area (TPSA) is 43.4 Å². The van der Waals surface area contributed by atoms with Gasteiger partial charge in [0.1, 0.15) is 0 Å². The van der Waals surface area contributed by atoms with E-state index in [4.69, 9.17) is 18.9 Å². The summed E-state index contributed by atoms with van der Waals surface area (Å²) in [5.74, 6) is 0. The SMILES string of the molecule is c1ccc(COCc2ccc(N(c3ccc(COCc4ccccc4)cc3)c3ccc(-c4ccc(N(c5ccc(COCc6ccccc6)cc5)c5ccc(COCc6ccccc6)cc5)cc4)cc3)cc2)cc1. The summed E-state index contributed by atoms with van der Waals surface area (Å²) in [6.07, 6.45) is 0. The molecule has 74 heavy (non-hydrogen) atoms. The van der Waals surface area contributed by atoms with Gasteiger partial charge in [-0.1, -0.05) is 194 Å². The van der Waals surface area contributed by atoms with Gasteiger partial charge in [0.05, 0.1) is 52.9 Å². The smallest absolute Gasteiger partial charge is 0.0721 e. The van der Waals surface area contributed by atoms with Crippen molar-refractivity contribution in [2.75, 3.05) is 9.80 Å². The van der Waals surface area contributed by atoms with E-state index >= 15 is 0 Å². The quantitative estimate of drug-likeness (QED) is 0.0636. The number of ether oxygens (including phenoxy) is 4. The van der Waals surface area contributed by atoms with Gasteiger partial charge in [-0.3, -0.25) is 0 Å². The van der Waals surface area contributed by atoms with Crippen molar-refractivity contribution in [1.82, 2.24) is 0 Å². The molecule has 10 aromatic carbocycles. The van der Waals surface area contributed by atoms with Gasteiger partial charge in [-0.05, 0) is 128 Å². The van der Waals surface area contributed by atoms with Gasteiger partial charge >= 0.3 is 0 Å². The first-order chi connectivity index (χ1) is 36.7. The summed E-state index contributed by atoms with van der Waals surface area (Å²) in [7, 11) is 0. The van der Waals surface area contributed by atoms with E-state index in [1.807, 2.05) is 72.8 Å². The Balaban J connectivity index is 0.867. The Morgan fingerprint density at radius 1 is 0.176 bits per heavy atom. The predicted molar refractivity (Wildman–Crippen MR) is 301 cm³/mol. The lowest BCUT2D eigenvalue weighted by atomic mass is 10.0. The lowest BCUT2D eigenvalue weighted by molar-refractivity contribution is 0.107. The van der Waals surface area contributed by atoms with Crippen LogP contribution in [0.2, 0.25) is 0 Å². The molecule has 0 aromatic heterocycles. The third-order valence-corrected chi connectivity index (χ3v) is 12.9. The van der Waals surface area contributed by atoms with Crippen LogP contribution in [0, 0.1) is 0 Å². The lowest BCUT2D eigenvalue weighted by Crippen LogP contribution is -2.10. The third-order valence-electron chi connectivity index (χ3n) is 12.9. The molecule has 0 saturated carbocycles. The van der Waals surface area contributed by atoms with Crippen LogP contribution >= 0.6 is 0 Å². The minimum absolute atomic E-state index is 0.534. The highest BCUT2D eigenvalue weighted by atomic mass is 16.5. The van der Waals surface area contributed by atoms with Gasteiger partial charge in [0.25, 0.3) is 0 Å². The molecule has 10 rings (SSSR count). The molecule has 10 aromatic rings. The second kappa shape index (κ2) is 25.3. The normalized spacial score (nSPS) is 11.1. The molecular weight excluding hydrogens is 909 g/mol. The Bertz CT molecular complexity index is 2810. The molecule has 0 saturated heterocycles. The van der Waals surface area contributed by atoms with Crippen molar-refractivity contribution in [3.63, 3.8) is 0 Å². The molecule has 0 spiro atoms. The van der Waals surface area contributed by atoms with Crippen LogP contribution in [0.3, 0.4) is 0 Å². The van der Waals surface area contributed by atoms with Gasteiger partial charge in [-0.2, -0.15) is 0 Å². The molecule has 0 N–H and O–H groups in total. The van der Waals surface area contributed by atoms with Crippen molar-refractivity contribution >= 4 is 34.1 Å². The molecule has 0 radical (unpaired) electrons. The van der Waals surface area contributed by atoms with Crippen molar-refractivity contribution < 1.29 is 18.9 Å². The van der Waals surface area contributed by atoms with Crippen molar-refractivity contribution in [3.8, 4) is 11.1 Å².